The van der Waals surface area contributed by atoms with Gasteiger partial charge in [-0.1, -0.05) is 0 Å². The second kappa shape index (κ2) is 12.0. The van der Waals surface area contributed by atoms with Gasteiger partial charge in [-0.2, -0.15) is 0 Å². The number of aryl methyl sites for hydroxylation is 1. The Bertz CT molecular complexity index is 1930. The van der Waals surface area contributed by atoms with Gasteiger partial charge in [0.05, 0.1) is 35.0 Å². The van der Waals surface area contributed by atoms with Crippen molar-refractivity contribution in [2.24, 2.45) is 11.7 Å². The van der Waals surface area contributed by atoms with Crippen LogP contribution in [0.15, 0.2) is 36.4 Å². The Kier molecular flexibility index (Phi) is 8.31. The molecule has 254 valence electrons. The lowest BCUT2D eigenvalue weighted by atomic mass is 9.90. The number of alkyl halides is 5. The molecule has 0 radical (unpaired) electrons. The minimum Gasteiger partial charge on any atom is -0.491 e. The molecule has 4 N–H and O–H groups in total. The molecule has 4 aromatic rings. The summed E-state index contributed by atoms with van der Waals surface area (Å²) in [7, 11) is 0. The lowest BCUT2D eigenvalue weighted by Gasteiger charge is -2.30. The molecule has 1 fully saturated rings. The van der Waals surface area contributed by atoms with E-state index in [4.69, 9.17) is 10.5 Å². The SMILES string of the molecule is CCOc1c(CC(N)=O)cc([C@@](O)(CNC(=O)c2cc(OC(F)(F)F)c3nc(C)sc3c2)C2CC2)nc1-c1ccc2c(c1)OC(F)(F)O2. The fourth-order valence-corrected chi connectivity index (χ4v) is 6.37. The summed E-state index contributed by atoms with van der Waals surface area (Å²) in [4.78, 5) is 34.2. The summed E-state index contributed by atoms with van der Waals surface area (Å²) in [6.45, 7) is 2.96. The number of nitrogens with two attached hydrogens (primary N) is 1. The molecular weight excluding hydrogens is 667 g/mol. The van der Waals surface area contributed by atoms with Crippen LogP contribution in [-0.4, -0.2) is 52.7 Å². The highest BCUT2D eigenvalue weighted by Crippen LogP contribution is 2.48. The Morgan fingerprint density at radius 2 is 1.85 bits per heavy atom. The minimum atomic E-state index is -5.04. The molecule has 1 aliphatic carbocycles. The van der Waals surface area contributed by atoms with E-state index in [-0.39, 0.29) is 68.6 Å². The van der Waals surface area contributed by atoms with Crippen molar-refractivity contribution in [2.75, 3.05) is 13.2 Å². The maximum absolute atomic E-state index is 13.8. The van der Waals surface area contributed by atoms with E-state index in [9.17, 15) is 36.6 Å². The zero-order valence-electron chi connectivity index (χ0n) is 25.2. The van der Waals surface area contributed by atoms with Gasteiger partial charge < -0.3 is 35.1 Å². The Balaban J connectivity index is 1.38. The van der Waals surface area contributed by atoms with E-state index in [0.717, 1.165) is 17.4 Å². The number of thiazole rings is 1. The van der Waals surface area contributed by atoms with Gasteiger partial charge in [0.1, 0.15) is 22.6 Å². The van der Waals surface area contributed by atoms with Gasteiger partial charge in [-0.3, -0.25) is 9.59 Å². The molecule has 2 aliphatic rings. The van der Waals surface area contributed by atoms with Gasteiger partial charge in [-0.05, 0) is 69.0 Å². The summed E-state index contributed by atoms with van der Waals surface area (Å²) in [5.41, 5.74) is 3.99. The van der Waals surface area contributed by atoms with E-state index >= 15 is 0 Å². The number of carbonyl (C=O) groups excluding carboxylic acids is 2. The number of benzene rings is 2. The number of primary amides is 1. The normalized spacial score (nSPS) is 16.4. The number of nitrogens with one attached hydrogen (secondary N) is 1. The van der Waals surface area contributed by atoms with E-state index in [1.54, 1.807) is 13.8 Å². The highest BCUT2D eigenvalue weighted by molar-refractivity contribution is 7.18. The molecule has 48 heavy (non-hydrogen) atoms. The molecule has 2 amide bonds. The summed E-state index contributed by atoms with van der Waals surface area (Å²) in [5, 5.41) is 15.2. The van der Waals surface area contributed by atoms with Crippen LogP contribution in [0.1, 0.15) is 46.4 Å². The number of nitrogens with zero attached hydrogens (tertiary/aromatic N) is 2. The highest BCUT2D eigenvalue weighted by atomic mass is 32.1. The fraction of sp³-hybridized carbons (Fsp3) is 0.355. The number of halogens is 5. The first-order valence-electron chi connectivity index (χ1n) is 14.6. The van der Waals surface area contributed by atoms with Crippen molar-refractivity contribution < 1.29 is 55.6 Å². The highest BCUT2D eigenvalue weighted by Gasteiger charge is 2.48. The molecule has 0 bridgehead atoms. The summed E-state index contributed by atoms with van der Waals surface area (Å²) >= 11 is 1.07. The molecule has 3 heterocycles. The number of fused-ring (bicyclic) bond motifs is 2. The van der Waals surface area contributed by atoms with Crippen molar-refractivity contribution in [3.63, 3.8) is 0 Å². The lowest BCUT2D eigenvalue weighted by Crippen LogP contribution is -2.43. The van der Waals surface area contributed by atoms with Crippen molar-refractivity contribution in [2.45, 2.75) is 51.4 Å². The van der Waals surface area contributed by atoms with Crippen LogP contribution >= 0.6 is 11.3 Å². The molecule has 1 atom stereocenters. The van der Waals surface area contributed by atoms with E-state index in [2.05, 4.69) is 29.5 Å². The minimum absolute atomic E-state index is 0.0117. The number of aliphatic hydroxyl groups is 1. The van der Waals surface area contributed by atoms with Crippen LogP contribution in [0.4, 0.5) is 22.0 Å². The molecule has 11 nitrogen and oxygen atoms in total. The molecule has 2 aromatic heterocycles. The van der Waals surface area contributed by atoms with Gasteiger partial charge >= 0.3 is 12.7 Å². The molecule has 17 heteroatoms. The Morgan fingerprint density at radius 1 is 1.12 bits per heavy atom. The third kappa shape index (κ3) is 6.78. The average Bonchev–Trinajstić information content (AvgIpc) is 3.70. The molecule has 1 aliphatic heterocycles. The van der Waals surface area contributed by atoms with Gasteiger partial charge in [-0.25, -0.2) is 9.97 Å². The molecule has 0 unspecified atom stereocenters. The lowest BCUT2D eigenvalue weighted by molar-refractivity contribution is -0.286. The van der Waals surface area contributed by atoms with Gasteiger partial charge in [0.2, 0.25) is 5.91 Å². The predicted octanol–water partition coefficient (Wildman–Crippen LogP) is 5.34. The standard InChI is InChI=1S/C31H27F5N4O7S/c1-3-44-27-16(12-24(37)41)11-23(40-25(27)15-4-7-19-20(8-15)47-31(35,36)46-19)29(43,18-5-6-18)13-38-28(42)17-9-21(45-30(32,33)34)26-22(10-17)48-14(2)39-26/h4,7-11,18,43H,3,5-6,12-13H2,1-2H3,(H2,37,41)(H,38,42)/t29-/m1/s1. The Labute approximate surface area is 272 Å². The number of hydrogen-bond acceptors (Lipinski definition) is 10. The van der Waals surface area contributed by atoms with Crippen LogP contribution in [0, 0.1) is 12.8 Å². The molecule has 6 rings (SSSR count). The van der Waals surface area contributed by atoms with Crippen molar-refractivity contribution >= 4 is 33.4 Å². The van der Waals surface area contributed by atoms with E-state index in [1.807, 2.05) is 0 Å². The monoisotopic (exact) mass is 694 g/mol. The number of pyridine rings is 1. The third-order valence-corrected chi connectivity index (χ3v) is 8.57. The van der Waals surface area contributed by atoms with Crippen LogP contribution < -0.4 is 30.0 Å². The first-order valence-corrected chi connectivity index (χ1v) is 15.4. The van der Waals surface area contributed by atoms with Gasteiger partial charge in [-0.15, -0.1) is 33.3 Å². The summed E-state index contributed by atoms with van der Waals surface area (Å²) in [6.07, 6.45) is -8.19. The Hall–Kier alpha value is -4.77. The van der Waals surface area contributed by atoms with Crippen molar-refractivity contribution in [1.29, 1.82) is 0 Å². The Morgan fingerprint density at radius 3 is 2.52 bits per heavy atom. The number of hydrogen-bond donors (Lipinski definition) is 3. The van der Waals surface area contributed by atoms with Gasteiger partial charge in [0.25, 0.3) is 5.91 Å². The van der Waals surface area contributed by atoms with Crippen LogP contribution in [-0.2, 0) is 16.8 Å². The first kappa shape index (κ1) is 33.1. The van der Waals surface area contributed by atoms with E-state index < -0.39 is 48.3 Å². The zero-order valence-corrected chi connectivity index (χ0v) is 26.1. The summed E-state index contributed by atoms with van der Waals surface area (Å²) in [5.74, 6) is -3.00. The number of aromatic nitrogens is 2. The maximum atomic E-state index is 13.8. The van der Waals surface area contributed by atoms with Crippen molar-refractivity contribution in [3.8, 4) is 34.3 Å². The smallest absolute Gasteiger partial charge is 0.491 e. The third-order valence-electron chi connectivity index (χ3n) is 7.65. The number of rotatable bonds is 11. The largest absolute Gasteiger partial charge is 0.586 e. The van der Waals surface area contributed by atoms with E-state index in [0.29, 0.717) is 17.8 Å². The molecule has 0 saturated heterocycles. The summed E-state index contributed by atoms with van der Waals surface area (Å²) in [6, 6.07) is 7.62. The van der Waals surface area contributed by atoms with Crippen LogP contribution in [0.2, 0.25) is 0 Å². The van der Waals surface area contributed by atoms with Crippen molar-refractivity contribution in [1.82, 2.24) is 15.3 Å². The van der Waals surface area contributed by atoms with Crippen LogP contribution in [0.25, 0.3) is 21.5 Å². The van der Waals surface area contributed by atoms with Crippen LogP contribution in [0.5, 0.6) is 23.0 Å². The summed E-state index contributed by atoms with van der Waals surface area (Å²) < 4.78 is 86.4. The quantitative estimate of drug-likeness (QED) is 0.177. The topological polar surface area (TPSA) is 155 Å². The molecule has 0 spiro atoms. The second-order valence-electron chi connectivity index (χ2n) is 11.2. The maximum Gasteiger partial charge on any atom is 0.586 e. The molecule has 1 saturated carbocycles. The first-order chi connectivity index (χ1) is 22.5. The van der Waals surface area contributed by atoms with Crippen molar-refractivity contribution in [3.05, 3.63) is 58.2 Å². The second-order valence-corrected chi connectivity index (χ2v) is 12.5. The van der Waals surface area contributed by atoms with Gasteiger partial charge in [0, 0.05) is 16.7 Å². The zero-order chi connectivity index (χ0) is 34.6. The number of carbonyl (C=O) groups is 2. The van der Waals surface area contributed by atoms with E-state index in [1.165, 1.54) is 30.3 Å². The molecular formula is C31H27F5N4O7S. The molecule has 2 aromatic carbocycles. The van der Waals surface area contributed by atoms with Crippen LogP contribution in [0.3, 0.4) is 0 Å². The predicted molar refractivity (Wildman–Crippen MR) is 160 cm³/mol. The number of ether oxygens (including phenoxy) is 4. The fourth-order valence-electron chi connectivity index (χ4n) is 5.49. The number of amides is 2. The van der Waals surface area contributed by atoms with Gasteiger partial charge in [0.15, 0.2) is 17.2 Å². The average molecular weight is 695 g/mol.